The lowest BCUT2D eigenvalue weighted by Crippen LogP contribution is -2.65. The van der Waals surface area contributed by atoms with E-state index >= 15 is 0 Å². The smallest absolute Gasteiger partial charge is 0.252 e. The van der Waals surface area contributed by atoms with Crippen LogP contribution in [0, 0.1) is 0 Å². The van der Waals surface area contributed by atoms with Gasteiger partial charge in [-0.25, -0.2) is 0 Å². The summed E-state index contributed by atoms with van der Waals surface area (Å²) in [7, 11) is 0. The molecule has 0 saturated carbocycles. The van der Waals surface area contributed by atoms with Crippen LogP contribution in [0.25, 0.3) is 55.6 Å². The molecular formula is C115H105B2ClN4. The van der Waals surface area contributed by atoms with E-state index in [9.17, 15) is 0 Å². The number of para-hydroxylation sites is 2. The van der Waals surface area contributed by atoms with Crippen LogP contribution in [0.2, 0.25) is 5.02 Å². The van der Waals surface area contributed by atoms with Crippen molar-refractivity contribution < 1.29 is 0 Å². The van der Waals surface area contributed by atoms with Crippen LogP contribution in [0.5, 0.6) is 0 Å². The average molecular weight is 1600 g/mol. The van der Waals surface area contributed by atoms with Crippen molar-refractivity contribution in [3.8, 4) is 55.6 Å². The molecule has 1 spiro atoms. The van der Waals surface area contributed by atoms with E-state index in [1.165, 1.54) is 116 Å². The van der Waals surface area contributed by atoms with Gasteiger partial charge in [-0.05, 0) is 256 Å². The van der Waals surface area contributed by atoms with Crippen LogP contribution in [-0.2, 0) is 37.9 Å². The summed E-state index contributed by atoms with van der Waals surface area (Å²) in [4.78, 5) is 10.7. The predicted octanol–water partition coefficient (Wildman–Crippen LogP) is 27.6. The zero-order valence-corrected chi connectivity index (χ0v) is 74.5. The fourth-order valence-corrected chi connectivity index (χ4v) is 21.5. The fraction of sp³-hybridized carbons (Fsp3) is 0.217. The zero-order chi connectivity index (χ0) is 84.5. The van der Waals surface area contributed by atoms with Crippen LogP contribution < -0.4 is 52.4 Å². The molecule has 0 radical (unpaired) electrons. The van der Waals surface area contributed by atoms with Crippen molar-refractivity contribution in [3.05, 3.63) is 370 Å². The summed E-state index contributed by atoms with van der Waals surface area (Å²) in [5.74, 6) is 0. The number of nitrogens with zero attached hydrogens (tertiary/aromatic N) is 4. The fourth-order valence-electron chi connectivity index (χ4n) is 21.3. The number of anilines is 12. The first-order chi connectivity index (χ1) is 58.2. The van der Waals surface area contributed by atoms with Gasteiger partial charge >= 0.3 is 0 Å². The standard InChI is InChI=1S/C115H105B2ClN4/c1-109(2,3)73-52-54-96(87(64-73)70-36-21-19-22-37-70)121-100-69-101-95(117-93-49-32-34-51-99(93)120(81-62-77(113(13,14)15)59-78(63-81)114(16,17)18)104-66-79(118)67-105(108(104)117)122(101)97-55-53-74(110(4,5)6)65-88(97)71-38-23-20-24-39-71)68-94(100)116-92-48-31-33-50-98(92)119(80-60-75(111(7,8)9)58-76(61-80)112(10,11)12)102-56-72(57-103(121)107(102)116)82-43-35-44-86-85-42-27-30-47-91(85)115(106(82)86)89-45-28-25-40-83(89)84-41-26-29-46-90(84)115/h19-69H,1-18H3. The minimum absolute atomic E-state index is 0.152. The molecule has 598 valence electrons. The van der Waals surface area contributed by atoms with E-state index in [1.807, 2.05) is 0 Å². The Bertz CT molecular complexity index is 6760. The Hall–Kier alpha value is -12.1. The highest BCUT2D eigenvalue weighted by Gasteiger charge is 2.55. The van der Waals surface area contributed by atoms with Gasteiger partial charge in [0.05, 0.1) is 16.8 Å². The lowest BCUT2D eigenvalue weighted by molar-refractivity contribution is 0.568. The van der Waals surface area contributed by atoms with Gasteiger partial charge < -0.3 is 19.6 Å². The molecule has 0 unspecified atom stereocenters. The molecule has 0 aromatic heterocycles. The van der Waals surface area contributed by atoms with Crippen LogP contribution in [0.15, 0.2) is 309 Å². The Kier molecular flexibility index (Phi) is 17.2. The third-order valence-corrected chi connectivity index (χ3v) is 27.8. The number of rotatable bonds is 7. The van der Waals surface area contributed by atoms with Gasteiger partial charge in [0.25, 0.3) is 13.4 Å². The number of hydrogen-bond acceptors (Lipinski definition) is 4. The summed E-state index contributed by atoms with van der Waals surface area (Å²) in [6.07, 6.45) is 0. The summed E-state index contributed by atoms with van der Waals surface area (Å²) in [5, 5.41) is 0.666. The van der Waals surface area contributed by atoms with Gasteiger partial charge in [0.1, 0.15) is 0 Å². The molecule has 0 fully saturated rings. The van der Waals surface area contributed by atoms with E-state index in [2.05, 4.69) is 454 Å². The first kappa shape index (κ1) is 77.3. The number of hydrogen-bond donors (Lipinski definition) is 0. The monoisotopic (exact) mass is 1600 g/mol. The van der Waals surface area contributed by atoms with Gasteiger partial charge in [-0.15, -0.1) is 0 Å². The highest BCUT2D eigenvalue weighted by Crippen LogP contribution is 2.66. The van der Waals surface area contributed by atoms with Crippen molar-refractivity contribution in [1.82, 2.24) is 0 Å². The quantitative estimate of drug-likeness (QED) is 0.147. The van der Waals surface area contributed by atoms with Crippen LogP contribution >= 0.6 is 11.6 Å². The van der Waals surface area contributed by atoms with Crippen LogP contribution in [0.1, 0.15) is 180 Å². The Labute approximate surface area is 728 Å². The molecule has 6 aliphatic rings. The molecule has 15 aromatic rings. The maximum atomic E-state index is 8.11. The molecule has 4 aliphatic heterocycles. The van der Waals surface area contributed by atoms with Crippen LogP contribution in [-0.4, -0.2) is 13.4 Å². The highest BCUT2D eigenvalue weighted by atomic mass is 35.5. The van der Waals surface area contributed by atoms with Gasteiger partial charge in [-0.1, -0.05) is 355 Å². The topological polar surface area (TPSA) is 13.0 Å². The minimum Gasteiger partial charge on any atom is -0.311 e. The van der Waals surface area contributed by atoms with Crippen molar-refractivity contribution in [1.29, 1.82) is 0 Å². The summed E-state index contributed by atoms with van der Waals surface area (Å²) >= 11 is 8.11. The van der Waals surface area contributed by atoms with Crippen molar-refractivity contribution in [2.45, 2.75) is 163 Å². The highest BCUT2D eigenvalue weighted by molar-refractivity contribution is 7.03. The zero-order valence-electron chi connectivity index (χ0n) is 73.8. The van der Waals surface area contributed by atoms with Crippen molar-refractivity contribution in [3.63, 3.8) is 0 Å². The molecular weight excluding hydrogens is 1490 g/mol. The van der Waals surface area contributed by atoms with E-state index in [0.717, 1.165) is 96.1 Å². The Balaban J connectivity index is 0.937. The van der Waals surface area contributed by atoms with Crippen molar-refractivity contribution in [2.24, 2.45) is 0 Å². The molecule has 0 saturated heterocycles. The molecule has 122 heavy (non-hydrogen) atoms. The third kappa shape index (κ3) is 11.8. The van der Waals surface area contributed by atoms with Gasteiger partial charge in [-0.2, -0.15) is 0 Å². The van der Waals surface area contributed by atoms with E-state index < -0.39 is 5.41 Å². The molecule has 0 atom stereocenters. The molecule has 4 heterocycles. The van der Waals surface area contributed by atoms with E-state index in [-0.39, 0.29) is 45.9 Å². The molecule has 2 aliphatic carbocycles. The summed E-state index contributed by atoms with van der Waals surface area (Å²) in [6.45, 7) is 41.9. The Morgan fingerprint density at radius 2 is 0.557 bits per heavy atom. The second-order valence-corrected chi connectivity index (χ2v) is 41.9. The molecule has 4 nitrogen and oxygen atoms in total. The lowest BCUT2D eigenvalue weighted by atomic mass is 9.30. The number of halogens is 1. The lowest BCUT2D eigenvalue weighted by Gasteiger charge is -2.48. The van der Waals surface area contributed by atoms with Gasteiger partial charge in [0.2, 0.25) is 0 Å². The molecule has 7 heteroatoms. The molecule has 0 bridgehead atoms. The SMILES string of the molecule is CC(C)(C)c1cc(N2c3ccccc3B3c4cc5c(cc4N(c4ccc(C(C)(C)C)cc4-c4ccccc4)c4cc(Cl)cc2c43)N(c2ccc(C(C)(C)C)cc2-c2ccccc2)c2cc(-c3cccc4c3C3(c6ccccc6-c6ccccc63)c3ccccc3-4)cc3c2B5c2ccccc2N3c2cc(C(C)(C)C)cc(C(C)(C)C)c2)cc(C(C)(C)C)c1. The molecule has 21 rings (SSSR count). The van der Waals surface area contributed by atoms with Crippen LogP contribution in [0.4, 0.5) is 68.2 Å². The predicted molar refractivity (Wildman–Crippen MR) is 524 cm³/mol. The minimum atomic E-state index is -0.651. The Morgan fingerprint density at radius 3 is 0.967 bits per heavy atom. The largest absolute Gasteiger partial charge is 0.311 e. The van der Waals surface area contributed by atoms with Crippen LogP contribution in [0.3, 0.4) is 0 Å². The van der Waals surface area contributed by atoms with Crippen molar-refractivity contribution in [2.75, 3.05) is 19.6 Å². The second-order valence-electron chi connectivity index (χ2n) is 41.4. The first-order valence-corrected chi connectivity index (χ1v) is 44.3. The molecule has 0 N–H and O–H groups in total. The summed E-state index contributed by atoms with van der Waals surface area (Å²) < 4.78 is 0. The molecule has 15 aromatic carbocycles. The van der Waals surface area contributed by atoms with E-state index in [0.29, 0.717) is 5.02 Å². The Morgan fingerprint density at radius 1 is 0.221 bits per heavy atom. The third-order valence-electron chi connectivity index (χ3n) is 27.6. The average Bonchev–Trinajstić information content (AvgIpc) is 0.927. The normalized spacial score (nSPS) is 14.5. The van der Waals surface area contributed by atoms with Gasteiger partial charge in [-0.3, -0.25) is 0 Å². The van der Waals surface area contributed by atoms with Gasteiger partial charge in [0, 0.05) is 73.0 Å². The summed E-state index contributed by atoms with van der Waals surface area (Å²) in [5.41, 5.74) is 44.1. The van der Waals surface area contributed by atoms with E-state index in [4.69, 9.17) is 11.6 Å². The summed E-state index contributed by atoms with van der Waals surface area (Å²) in [6, 6.07) is 121. The number of fused-ring (bicyclic) bond motifs is 18. The molecule has 0 amide bonds. The maximum Gasteiger partial charge on any atom is 0.252 e. The number of benzene rings is 15. The maximum absolute atomic E-state index is 8.11. The van der Waals surface area contributed by atoms with E-state index in [1.54, 1.807) is 0 Å². The van der Waals surface area contributed by atoms with Gasteiger partial charge in [0.15, 0.2) is 0 Å². The first-order valence-electron chi connectivity index (χ1n) is 44.0. The van der Waals surface area contributed by atoms with Crippen molar-refractivity contribution >= 4 is 126 Å². The second kappa shape index (κ2) is 27.2.